The van der Waals surface area contributed by atoms with Crippen LogP contribution in [0, 0.1) is 17.6 Å². The van der Waals surface area contributed by atoms with Gasteiger partial charge in [-0.2, -0.15) is 0 Å². The highest BCUT2D eigenvalue weighted by atomic mass is 79.9. The standard InChI is InChI=1S/C22H23BrF2N2/c1-13(2)9-15-10-18(14(3)4)19(23)12-21(15)27-8-7-26-22(27)17-6-5-16(24)11-20(17)25/h5-8,10-14H,9H2,1-4H3. The van der Waals surface area contributed by atoms with E-state index in [9.17, 15) is 8.78 Å². The first-order valence-corrected chi connectivity index (χ1v) is 9.88. The van der Waals surface area contributed by atoms with E-state index in [0.717, 1.165) is 22.6 Å². The van der Waals surface area contributed by atoms with Gasteiger partial charge in [-0.15, -0.1) is 0 Å². The van der Waals surface area contributed by atoms with Crippen LogP contribution in [0.25, 0.3) is 17.1 Å². The summed E-state index contributed by atoms with van der Waals surface area (Å²) in [6.45, 7) is 8.68. The van der Waals surface area contributed by atoms with Crippen LogP contribution in [0.15, 0.2) is 47.2 Å². The lowest BCUT2D eigenvalue weighted by Gasteiger charge is -2.19. The molecule has 2 aromatic carbocycles. The number of aromatic nitrogens is 2. The third-order valence-corrected chi connectivity index (χ3v) is 5.21. The zero-order valence-corrected chi connectivity index (χ0v) is 17.5. The third kappa shape index (κ3) is 4.13. The minimum atomic E-state index is -0.620. The van der Waals surface area contributed by atoms with Crippen LogP contribution in [-0.4, -0.2) is 9.55 Å². The quantitative estimate of drug-likeness (QED) is 0.428. The van der Waals surface area contributed by atoms with Crippen molar-refractivity contribution in [3.63, 3.8) is 0 Å². The summed E-state index contributed by atoms with van der Waals surface area (Å²) >= 11 is 3.68. The van der Waals surface area contributed by atoms with E-state index in [0.29, 0.717) is 17.7 Å². The molecule has 3 aromatic rings. The highest BCUT2D eigenvalue weighted by Crippen LogP contribution is 2.33. The lowest BCUT2D eigenvalue weighted by molar-refractivity contribution is 0.584. The lowest BCUT2D eigenvalue weighted by atomic mass is 9.94. The first kappa shape index (κ1) is 19.7. The molecule has 0 amide bonds. The van der Waals surface area contributed by atoms with Gasteiger partial charge in [-0.05, 0) is 47.6 Å². The molecule has 0 aliphatic rings. The molecule has 27 heavy (non-hydrogen) atoms. The second kappa shape index (κ2) is 7.93. The van der Waals surface area contributed by atoms with E-state index in [-0.39, 0.29) is 5.56 Å². The van der Waals surface area contributed by atoms with Gasteiger partial charge in [-0.3, -0.25) is 4.57 Å². The SMILES string of the molecule is CC(C)Cc1cc(C(C)C)c(Br)cc1-n1ccnc1-c1ccc(F)cc1F. The summed E-state index contributed by atoms with van der Waals surface area (Å²) in [5.74, 6) is 0.0990. The van der Waals surface area contributed by atoms with Gasteiger partial charge in [0.25, 0.3) is 0 Å². The first-order chi connectivity index (χ1) is 12.8. The van der Waals surface area contributed by atoms with Crippen LogP contribution >= 0.6 is 15.9 Å². The maximum Gasteiger partial charge on any atom is 0.147 e. The van der Waals surface area contributed by atoms with Crippen molar-refractivity contribution in [3.8, 4) is 17.1 Å². The van der Waals surface area contributed by atoms with E-state index in [2.05, 4.69) is 60.7 Å². The molecule has 2 nitrogen and oxygen atoms in total. The molecule has 0 radical (unpaired) electrons. The highest BCUT2D eigenvalue weighted by molar-refractivity contribution is 9.10. The molecule has 0 fully saturated rings. The number of hydrogen-bond donors (Lipinski definition) is 0. The molecule has 142 valence electrons. The Morgan fingerprint density at radius 2 is 1.81 bits per heavy atom. The number of halogens is 3. The second-order valence-electron chi connectivity index (χ2n) is 7.50. The van der Waals surface area contributed by atoms with E-state index in [1.54, 1.807) is 6.20 Å². The second-order valence-corrected chi connectivity index (χ2v) is 8.35. The van der Waals surface area contributed by atoms with Crippen LogP contribution in [0.3, 0.4) is 0 Å². The molecular weight excluding hydrogens is 410 g/mol. The Balaban J connectivity index is 2.20. The molecule has 1 aromatic heterocycles. The molecule has 0 saturated heterocycles. The maximum absolute atomic E-state index is 14.4. The Morgan fingerprint density at radius 3 is 2.44 bits per heavy atom. The maximum atomic E-state index is 14.4. The Morgan fingerprint density at radius 1 is 1.07 bits per heavy atom. The van der Waals surface area contributed by atoms with Crippen LogP contribution in [0.2, 0.25) is 0 Å². The van der Waals surface area contributed by atoms with Crippen molar-refractivity contribution in [1.29, 1.82) is 0 Å². The zero-order valence-electron chi connectivity index (χ0n) is 15.9. The fourth-order valence-electron chi connectivity index (χ4n) is 3.26. The molecular formula is C22H23BrF2N2. The Labute approximate surface area is 167 Å². The largest absolute Gasteiger partial charge is 0.299 e. The topological polar surface area (TPSA) is 17.8 Å². The average molecular weight is 433 g/mol. The van der Waals surface area contributed by atoms with Crippen molar-refractivity contribution in [2.45, 2.75) is 40.0 Å². The van der Waals surface area contributed by atoms with Gasteiger partial charge in [0, 0.05) is 22.9 Å². The summed E-state index contributed by atoms with van der Waals surface area (Å²) in [5.41, 5.74) is 3.65. The molecule has 3 rings (SSSR count). The van der Waals surface area contributed by atoms with Gasteiger partial charge in [-0.25, -0.2) is 13.8 Å². The molecule has 5 heteroatoms. The molecule has 0 spiro atoms. The van der Waals surface area contributed by atoms with Crippen molar-refractivity contribution in [2.24, 2.45) is 5.92 Å². The molecule has 0 aliphatic heterocycles. The molecule has 0 N–H and O–H groups in total. The summed E-state index contributed by atoms with van der Waals surface area (Å²) in [5, 5.41) is 0. The Hall–Kier alpha value is -2.01. The monoisotopic (exact) mass is 432 g/mol. The summed E-state index contributed by atoms with van der Waals surface area (Å²) in [6.07, 6.45) is 4.35. The molecule has 1 heterocycles. The van der Waals surface area contributed by atoms with Crippen LogP contribution < -0.4 is 0 Å². The number of benzene rings is 2. The number of rotatable bonds is 5. The summed E-state index contributed by atoms with van der Waals surface area (Å²) in [6, 6.07) is 7.86. The lowest BCUT2D eigenvalue weighted by Crippen LogP contribution is -2.07. The van der Waals surface area contributed by atoms with Gasteiger partial charge in [0.1, 0.15) is 17.5 Å². The summed E-state index contributed by atoms with van der Waals surface area (Å²) in [7, 11) is 0. The summed E-state index contributed by atoms with van der Waals surface area (Å²) in [4.78, 5) is 4.35. The van der Waals surface area contributed by atoms with Crippen LogP contribution in [0.1, 0.15) is 44.7 Å². The van der Waals surface area contributed by atoms with E-state index < -0.39 is 11.6 Å². The third-order valence-electron chi connectivity index (χ3n) is 4.52. The van der Waals surface area contributed by atoms with Crippen molar-refractivity contribution >= 4 is 15.9 Å². The normalized spacial score (nSPS) is 11.6. The van der Waals surface area contributed by atoms with Crippen molar-refractivity contribution in [2.75, 3.05) is 0 Å². The van der Waals surface area contributed by atoms with Crippen molar-refractivity contribution < 1.29 is 8.78 Å². The minimum absolute atomic E-state index is 0.279. The minimum Gasteiger partial charge on any atom is -0.299 e. The van der Waals surface area contributed by atoms with Gasteiger partial charge in [0.2, 0.25) is 0 Å². The number of imidazole rings is 1. The Kier molecular flexibility index (Phi) is 5.80. The van der Waals surface area contributed by atoms with Crippen molar-refractivity contribution in [1.82, 2.24) is 9.55 Å². The predicted octanol–water partition coefficient (Wildman–Crippen LogP) is 6.90. The Bertz CT molecular complexity index is 961. The van der Waals surface area contributed by atoms with Crippen LogP contribution in [0.4, 0.5) is 8.78 Å². The number of nitrogens with zero attached hydrogens (tertiary/aromatic N) is 2. The fourth-order valence-corrected chi connectivity index (χ4v) is 4.05. The van der Waals surface area contributed by atoms with E-state index in [1.807, 2.05) is 10.8 Å². The average Bonchev–Trinajstić information content (AvgIpc) is 3.04. The van der Waals surface area contributed by atoms with E-state index >= 15 is 0 Å². The summed E-state index contributed by atoms with van der Waals surface area (Å²) < 4.78 is 30.6. The van der Waals surface area contributed by atoms with Gasteiger partial charge in [0.05, 0.1) is 11.3 Å². The van der Waals surface area contributed by atoms with Crippen molar-refractivity contribution in [3.05, 3.63) is 70.0 Å². The first-order valence-electron chi connectivity index (χ1n) is 9.09. The zero-order chi connectivity index (χ0) is 19.7. The molecule has 0 aliphatic carbocycles. The highest BCUT2D eigenvalue weighted by Gasteiger charge is 2.18. The van der Waals surface area contributed by atoms with Gasteiger partial charge >= 0.3 is 0 Å². The smallest absolute Gasteiger partial charge is 0.147 e. The molecule has 0 bridgehead atoms. The predicted molar refractivity (Wildman–Crippen MR) is 109 cm³/mol. The number of hydrogen-bond acceptors (Lipinski definition) is 1. The molecule has 0 saturated carbocycles. The van der Waals surface area contributed by atoms with Gasteiger partial charge < -0.3 is 0 Å². The van der Waals surface area contributed by atoms with Gasteiger partial charge in [-0.1, -0.05) is 49.7 Å². The van der Waals surface area contributed by atoms with Gasteiger partial charge in [0.15, 0.2) is 0 Å². The molecule has 0 atom stereocenters. The van der Waals surface area contributed by atoms with E-state index in [4.69, 9.17) is 0 Å². The van der Waals surface area contributed by atoms with Crippen LogP contribution in [-0.2, 0) is 6.42 Å². The van der Waals surface area contributed by atoms with E-state index in [1.165, 1.54) is 23.3 Å². The molecule has 0 unspecified atom stereocenters. The fraction of sp³-hybridized carbons (Fsp3) is 0.318. The van der Waals surface area contributed by atoms with Crippen LogP contribution in [0.5, 0.6) is 0 Å².